The van der Waals surface area contributed by atoms with Gasteiger partial charge in [0.1, 0.15) is 12.4 Å². The van der Waals surface area contributed by atoms with Crippen LogP contribution in [0.2, 0.25) is 0 Å². The summed E-state index contributed by atoms with van der Waals surface area (Å²) in [5.41, 5.74) is 0. The van der Waals surface area contributed by atoms with E-state index in [1.807, 2.05) is 19.0 Å². The molecule has 0 spiro atoms. The Balaban J connectivity index is 2.54. The molecule has 0 atom stereocenters. The average molecular weight is 302 g/mol. The molecule has 1 rings (SSSR count). The quantitative estimate of drug-likeness (QED) is 0.641. The van der Waals surface area contributed by atoms with Gasteiger partial charge in [0.2, 0.25) is 10.0 Å². The van der Waals surface area contributed by atoms with Crippen LogP contribution in [0.25, 0.3) is 0 Å². The maximum Gasteiger partial charge on any atom is 0.240 e. The predicted octanol–water partition coefficient (Wildman–Crippen LogP) is 0.288. The SMILES string of the molecule is CN(C)CCCNS(=O)(=O)c1ccc(OCCO)cc1. The van der Waals surface area contributed by atoms with Gasteiger partial charge >= 0.3 is 0 Å². The molecule has 0 aliphatic carbocycles. The van der Waals surface area contributed by atoms with Crippen LogP contribution in [-0.2, 0) is 10.0 Å². The monoisotopic (exact) mass is 302 g/mol. The molecule has 0 radical (unpaired) electrons. The van der Waals surface area contributed by atoms with Gasteiger partial charge in [-0.15, -0.1) is 0 Å². The number of benzene rings is 1. The summed E-state index contributed by atoms with van der Waals surface area (Å²) in [4.78, 5) is 2.21. The molecular weight excluding hydrogens is 280 g/mol. The standard InChI is InChI=1S/C13H22N2O4S/c1-15(2)9-3-8-14-20(17,18)13-6-4-12(5-7-13)19-11-10-16/h4-7,14,16H,3,8-11H2,1-2H3. The van der Waals surface area contributed by atoms with E-state index < -0.39 is 10.0 Å². The lowest BCUT2D eigenvalue weighted by molar-refractivity contribution is 0.201. The van der Waals surface area contributed by atoms with Gasteiger partial charge in [0.15, 0.2) is 0 Å². The van der Waals surface area contributed by atoms with Crippen molar-refractivity contribution in [1.82, 2.24) is 9.62 Å². The third-order valence-electron chi connectivity index (χ3n) is 2.57. The molecule has 20 heavy (non-hydrogen) atoms. The van der Waals surface area contributed by atoms with E-state index in [4.69, 9.17) is 9.84 Å². The summed E-state index contributed by atoms with van der Waals surface area (Å²) in [7, 11) is 0.419. The normalized spacial score (nSPS) is 11.8. The van der Waals surface area contributed by atoms with E-state index in [0.717, 1.165) is 13.0 Å². The van der Waals surface area contributed by atoms with E-state index in [-0.39, 0.29) is 18.1 Å². The molecule has 0 saturated heterocycles. The second kappa shape index (κ2) is 8.21. The maximum absolute atomic E-state index is 12.0. The van der Waals surface area contributed by atoms with Crippen molar-refractivity contribution < 1.29 is 18.3 Å². The van der Waals surface area contributed by atoms with Crippen LogP contribution in [0.3, 0.4) is 0 Å². The van der Waals surface area contributed by atoms with Crippen molar-refractivity contribution in [2.75, 3.05) is 40.4 Å². The van der Waals surface area contributed by atoms with Crippen molar-refractivity contribution >= 4 is 10.0 Å². The van der Waals surface area contributed by atoms with Gasteiger partial charge in [-0.05, 0) is 51.3 Å². The Hall–Kier alpha value is -1.15. The Bertz CT molecular complexity index is 486. The summed E-state index contributed by atoms with van der Waals surface area (Å²) in [6.45, 7) is 1.35. The summed E-state index contributed by atoms with van der Waals surface area (Å²) in [6.07, 6.45) is 0.754. The zero-order chi connectivity index (χ0) is 15.0. The van der Waals surface area contributed by atoms with E-state index in [1.54, 1.807) is 12.1 Å². The van der Waals surface area contributed by atoms with Gasteiger partial charge in [-0.1, -0.05) is 0 Å². The summed E-state index contributed by atoms with van der Waals surface area (Å²) in [6, 6.07) is 6.12. The first-order valence-electron chi connectivity index (χ1n) is 6.44. The largest absolute Gasteiger partial charge is 0.491 e. The highest BCUT2D eigenvalue weighted by atomic mass is 32.2. The van der Waals surface area contributed by atoms with Gasteiger partial charge in [0.05, 0.1) is 11.5 Å². The average Bonchev–Trinajstić information content (AvgIpc) is 2.42. The molecule has 0 saturated carbocycles. The smallest absolute Gasteiger partial charge is 0.240 e. The molecule has 0 aliphatic heterocycles. The van der Waals surface area contributed by atoms with E-state index in [9.17, 15) is 8.42 Å². The Morgan fingerprint density at radius 2 is 1.90 bits per heavy atom. The van der Waals surface area contributed by atoms with E-state index in [2.05, 4.69) is 4.72 Å². The fourth-order valence-corrected chi connectivity index (χ4v) is 2.64. The number of hydrogen-bond acceptors (Lipinski definition) is 5. The number of nitrogens with one attached hydrogen (secondary N) is 1. The topological polar surface area (TPSA) is 78.9 Å². The number of rotatable bonds is 9. The van der Waals surface area contributed by atoms with Gasteiger partial charge < -0.3 is 14.7 Å². The van der Waals surface area contributed by atoms with Gasteiger partial charge in [0.25, 0.3) is 0 Å². The van der Waals surface area contributed by atoms with Crippen molar-refractivity contribution in [3.05, 3.63) is 24.3 Å². The number of ether oxygens (including phenoxy) is 1. The van der Waals surface area contributed by atoms with E-state index >= 15 is 0 Å². The molecule has 0 aromatic heterocycles. The molecule has 0 fully saturated rings. The van der Waals surface area contributed by atoms with Crippen molar-refractivity contribution in [3.63, 3.8) is 0 Å². The number of aliphatic hydroxyl groups excluding tert-OH is 1. The van der Waals surface area contributed by atoms with Gasteiger partial charge in [-0.2, -0.15) is 0 Å². The zero-order valence-corrected chi connectivity index (χ0v) is 12.7. The van der Waals surface area contributed by atoms with Crippen LogP contribution in [0.15, 0.2) is 29.2 Å². The lowest BCUT2D eigenvalue weighted by Gasteiger charge is -2.11. The van der Waals surface area contributed by atoms with Gasteiger partial charge in [-0.25, -0.2) is 13.1 Å². The summed E-state index contributed by atoms with van der Waals surface area (Å²) in [5, 5.41) is 8.64. The molecule has 0 unspecified atom stereocenters. The Kier molecular flexibility index (Phi) is 6.94. The minimum atomic E-state index is -3.47. The van der Waals surface area contributed by atoms with E-state index in [1.165, 1.54) is 12.1 Å². The molecule has 0 bridgehead atoms. The van der Waals surface area contributed by atoms with Crippen LogP contribution < -0.4 is 9.46 Å². The van der Waals surface area contributed by atoms with Crippen molar-refractivity contribution in [3.8, 4) is 5.75 Å². The zero-order valence-electron chi connectivity index (χ0n) is 11.9. The Morgan fingerprint density at radius 1 is 1.25 bits per heavy atom. The number of sulfonamides is 1. The molecule has 6 nitrogen and oxygen atoms in total. The molecule has 114 valence electrons. The summed E-state index contributed by atoms with van der Waals surface area (Å²) < 4.78 is 31.7. The molecule has 1 aromatic rings. The first-order chi connectivity index (χ1) is 9.45. The first kappa shape index (κ1) is 16.9. The minimum absolute atomic E-state index is 0.0759. The van der Waals surface area contributed by atoms with Crippen LogP contribution in [0.5, 0.6) is 5.75 Å². The number of aliphatic hydroxyl groups is 1. The van der Waals surface area contributed by atoms with Gasteiger partial charge in [-0.3, -0.25) is 0 Å². The molecule has 7 heteroatoms. The number of nitrogens with zero attached hydrogens (tertiary/aromatic N) is 1. The van der Waals surface area contributed by atoms with Crippen LogP contribution >= 0.6 is 0 Å². The number of hydrogen-bond donors (Lipinski definition) is 2. The van der Waals surface area contributed by atoms with Gasteiger partial charge in [0, 0.05) is 6.54 Å². The molecular formula is C13H22N2O4S. The van der Waals surface area contributed by atoms with E-state index in [0.29, 0.717) is 12.3 Å². The first-order valence-corrected chi connectivity index (χ1v) is 7.92. The third-order valence-corrected chi connectivity index (χ3v) is 4.05. The van der Waals surface area contributed by atoms with Crippen LogP contribution in [0.1, 0.15) is 6.42 Å². The van der Waals surface area contributed by atoms with Crippen molar-refractivity contribution in [1.29, 1.82) is 0 Å². The predicted molar refractivity (Wildman–Crippen MR) is 77.4 cm³/mol. The third kappa shape index (κ3) is 5.87. The Morgan fingerprint density at radius 3 is 2.45 bits per heavy atom. The second-order valence-electron chi connectivity index (χ2n) is 4.60. The maximum atomic E-state index is 12.0. The summed E-state index contributed by atoms with van der Waals surface area (Å²) in [5.74, 6) is 0.533. The van der Waals surface area contributed by atoms with Crippen LogP contribution in [-0.4, -0.2) is 58.8 Å². The molecule has 0 amide bonds. The highest BCUT2D eigenvalue weighted by Gasteiger charge is 2.13. The molecule has 0 aliphatic rings. The van der Waals surface area contributed by atoms with Crippen LogP contribution in [0.4, 0.5) is 0 Å². The minimum Gasteiger partial charge on any atom is -0.491 e. The molecule has 1 aromatic carbocycles. The fourth-order valence-electron chi connectivity index (χ4n) is 1.56. The van der Waals surface area contributed by atoms with Crippen LogP contribution in [0, 0.1) is 0 Å². The highest BCUT2D eigenvalue weighted by Crippen LogP contribution is 2.15. The molecule has 0 heterocycles. The highest BCUT2D eigenvalue weighted by molar-refractivity contribution is 7.89. The van der Waals surface area contributed by atoms with Crippen molar-refractivity contribution in [2.45, 2.75) is 11.3 Å². The van der Waals surface area contributed by atoms with Crippen molar-refractivity contribution in [2.24, 2.45) is 0 Å². The lowest BCUT2D eigenvalue weighted by Crippen LogP contribution is -2.27. The lowest BCUT2D eigenvalue weighted by atomic mass is 10.3. The fraction of sp³-hybridized carbons (Fsp3) is 0.538. The summed E-state index contributed by atoms with van der Waals surface area (Å²) >= 11 is 0. The molecule has 2 N–H and O–H groups in total. The Labute approximate surface area is 120 Å². The second-order valence-corrected chi connectivity index (χ2v) is 6.37.